The summed E-state index contributed by atoms with van der Waals surface area (Å²) in [5, 5.41) is 4.02. The lowest BCUT2D eigenvalue weighted by atomic mass is 9.88. The summed E-state index contributed by atoms with van der Waals surface area (Å²) in [5.74, 6) is 1.05. The first-order chi connectivity index (χ1) is 11.6. The van der Waals surface area contributed by atoms with E-state index in [4.69, 9.17) is 9.72 Å². The molecule has 0 unspecified atom stereocenters. The zero-order valence-corrected chi connectivity index (χ0v) is 14.0. The van der Waals surface area contributed by atoms with E-state index in [1.165, 1.54) is 0 Å². The van der Waals surface area contributed by atoms with Crippen molar-refractivity contribution in [2.24, 2.45) is 0 Å². The predicted octanol–water partition coefficient (Wildman–Crippen LogP) is 2.22. The number of piperidine rings is 1. The summed E-state index contributed by atoms with van der Waals surface area (Å²) in [6.45, 7) is 4.11. The third-order valence-electron chi connectivity index (χ3n) is 5.31. The first-order valence-electron chi connectivity index (χ1n) is 8.75. The van der Waals surface area contributed by atoms with Crippen LogP contribution in [0.3, 0.4) is 0 Å². The van der Waals surface area contributed by atoms with Crippen LogP contribution in [0.1, 0.15) is 32.6 Å². The normalized spacial score (nSPS) is 23.0. The van der Waals surface area contributed by atoms with Crippen molar-refractivity contribution in [3.8, 4) is 0 Å². The molecule has 128 valence electrons. The van der Waals surface area contributed by atoms with Crippen LogP contribution in [0, 0.1) is 0 Å². The minimum Gasteiger partial charge on any atom is -0.370 e. The average Bonchev–Trinajstić information content (AvgIpc) is 3.20. The molecule has 1 atom stereocenters. The average molecular weight is 328 g/mol. The number of aromatic amines is 1. The van der Waals surface area contributed by atoms with Gasteiger partial charge in [0, 0.05) is 38.1 Å². The van der Waals surface area contributed by atoms with Gasteiger partial charge in [-0.1, -0.05) is 0 Å². The molecule has 2 fully saturated rings. The molecule has 0 radical (unpaired) electrons. The van der Waals surface area contributed by atoms with Crippen molar-refractivity contribution in [1.82, 2.24) is 15.3 Å². The van der Waals surface area contributed by atoms with Crippen molar-refractivity contribution >= 4 is 22.8 Å². The highest BCUT2D eigenvalue weighted by Gasteiger charge is 2.42. The third-order valence-corrected chi connectivity index (χ3v) is 5.31. The Morgan fingerprint density at radius 1 is 1.38 bits per heavy atom. The molecule has 1 spiro atoms. The molecular weight excluding hydrogens is 304 g/mol. The van der Waals surface area contributed by atoms with Crippen LogP contribution in [0.4, 0.5) is 5.82 Å². The fourth-order valence-corrected chi connectivity index (χ4v) is 3.90. The maximum absolute atomic E-state index is 11.1. The second-order valence-corrected chi connectivity index (χ2v) is 6.97. The van der Waals surface area contributed by atoms with E-state index >= 15 is 0 Å². The van der Waals surface area contributed by atoms with Crippen molar-refractivity contribution in [2.75, 3.05) is 24.5 Å². The zero-order chi connectivity index (χ0) is 16.6. The van der Waals surface area contributed by atoms with E-state index in [0.29, 0.717) is 6.54 Å². The van der Waals surface area contributed by atoms with E-state index in [2.05, 4.69) is 27.3 Å². The monoisotopic (exact) mass is 328 g/mol. The Hall–Kier alpha value is -2.08. The Kier molecular flexibility index (Phi) is 3.92. The van der Waals surface area contributed by atoms with Gasteiger partial charge in [-0.3, -0.25) is 4.79 Å². The second-order valence-electron chi connectivity index (χ2n) is 6.97. The van der Waals surface area contributed by atoms with E-state index in [-0.39, 0.29) is 17.6 Å². The van der Waals surface area contributed by atoms with Gasteiger partial charge in [0.2, 0.25) is 5.91 Å². The molecule has 0 aliphatic carbocycles. The van der Waals surface area contributed by atoms with Gasteiger partial charge in [0.15, 0.2) is 0 Å². The Bertz CT molecular complexity index is 733. The molecular formula is C18H24N4O2. The smallest absolute Gasteiger partial charge is 0.216 e. The molecule has 6 nitrogen and oxygen atoms in total. The van der Waals surface area contributed by atoms with Crippen molar-refractivity contribution in [2.45, 2.75) is 44.3 Å². The van der Waals surface area contributed by atoms with Crippen LogP contribution < -0.4 is 10.2 Å². The van der Waals surface area contributed by atoms with Crippen molar-refractivity contribution < 1.29 is 9.53 Å². The molecule has 0 saturated carbocycles. The lowest BCUT2D eigenvalue weighted by Gasteiger charge is -2.39. The SMILES string of the molecule is CC(=O)NC[C@H]1CCC2(CCN(c3ccc4cc[nH]c4n3)CC2)O1. The fourth-order valence-electron chi connectivity index (χ4n) is 3.90. The van der Waals surface area contributed by atoms with Gasteiger partial charge in [-0.2, -0.15) is 0 Å². The third kappa shape index (κ3) is 2.98. The van der Waals surface area contributed by atoms with Crippen molar-refractivity contribution in [3.05, 3.63) is 24.4 Å². The van der Waals surface area contributed by atoms with Gasteiger partial charge in [-0.25, -0.2) is 4.98 Å². The molecule has 0 aromatic carbocycles. The number of aromatic nitrogens is 2. The molecule has 4 rings (SSSR count). The Balaban J connectivity index is 1.37. The number of ether oxygens (including phenoxy) is 1. The summed E-state index contributed by atoms with van der Waals surface area (Å²) in [7, 11) is 0. The number of hydrogen-bond donors (Lipinski definition) is 2. The first-order valence-corrected chi connectivity index (χ1v) is 8.75. The first kappa shape index (κ1) is 15.4. The molecule has 4 heterocycles. The number of anilines is 1. The number of nitrogens with one attached hydrogen (secondary N) is 2. The summed E-state index contributed by atoms with van der Waals surface area (Å²) in [5.41, 5.74) is 0.941. The van der Waals surface area contributed by atoms with Crippen LogP contribution in [-0.4, -0.2) is 47.2 Å². The van der Waals surface area contributed by atoms with Crippen LogP contribution in [0.25, 0.3) is 11.0 Å². The minimum atomic E-state index is -0.00380. The number of rotatable bonds is 3. The van der Waals surface area contributed by atoms with Crippen LogP contribution in [-0.2, 0) is 9.53 Å². The molecule has 2 aromatic heterocycles. The summed E-state index contributed by atoms with van der Waals surface area (Å²) in [6.07, 6.45) is 6.26. The molecule has 1 amide bonds. The van der Waals surface area contributed by atoms with Crippen LogP contribution in [0.15, 0.2) is 24.4 Å². The van der Waals surface area contributed by atoms with Crippen LogP contribution in [0.2, 0.25) is 0 Å². The number of fused-ring (bicyclic) bond motifs is 1. The Labute approximate surface area is 141 Å². The van der Waals surface area contributed by atoms with E-state index in [0.717, 1.165) is 55.6 Å². The van der Waals surface area contributed by atoms with Gasteiger partial charge in [-0.15, -0.1) is 0 Å². The van der Waals surface area contributed by atoms with Crippen LogP contribution in [0.5, 0.6) is 0 Å². The van der Waals surface area contributed by atoms with Crippen molar-refractivity contribution in [1.29, 1.82) is 0 Å². The van der Waals surface area contributed by atoms with Gasteiger partial charge >= 0.3 is 0 Å². The number of carbonyl (C=O) groups excluding carboxylic acids is 1. The fraction of sp³-hybridized carbons (Fsp3) is 0.556. The predicted molar refractivity (Wildman–Crippen MR) is 93.1 cm³/mol. The van der Waals surface area contributed by atoms with E-state index in [1.54, 1.807) is 6.92 Å². The standard InChI is InChI=1S/C18H24N4O2/c1-13(23)20-12-15-4-6-18(24-15)7-10-22(11-8-18)16-3-2-14-5-9-19-17(14)21-16/h2-3,5,9,15H,4,6-8,10-12H2,1H3,(H,19,21)(H,20,23)/t15-/m1/s1. The minimum absolute atomic E-state index is 0.00380. The second kappa shape index (κ2) is 6.09. The van der Waals surface area contributed by atoms with E-state index in [9.17, 15) is 4.79 Å². The Morgan fingerprint density at radius 2 is 2.21 bits per heavy atom. The number of H-pyrrole nitrogens is 1. The van der Waals surface area contributed by atoms with Crippen molar-refractivity contribution in [3.63, 3.8) is 0 Å². The summed E-state index contributed by atoms with van der Waals surface area (Å²) in [4.78, 5) is 21.3. The summed E-state index contributed by atoms with van der Waals surface area (Å²) >= 11 is 0. The molecule has 2 aromatic rings. The number of carbonyl (C=O) groups is 1. The molecule has 24 heavy (non-hydrogen) atoms. The van der Waals surface area contributed by atoms with Crippen LogP contribution >= 0.6 is 0 Å². The number of amides is 1. The topological polar surface area (TPSA) is 70.2 Å². The lowest BCUT2D eigenvalue weighted by Crippen LogP contribution is -2.45. The molecule has 2 N–H and O–H groups in total. The molecule has 2 aliphatic heterocycles. The number of pyridine rings is 1. The zero-order valence-electron chi connectivity index (χ0n) is 14.0. The number of nitrogens with zero attached hydrogens (tertiary/aromatic N) is 2. The number of hydrogen-bond acceptors (Lipinski definition) is 4. The van der Waals surface area contributed by atoms with Gasteiger partial charge in [0.25, 0.3) is 0 Å². The molecule has 6 heteroatoms. The molecule has 0 bridgehead atoms. The van der Waals surface area contributed by atoms with Gasteiger partial charge in [-0.05, 0) is 43.9 Å². The van der Waals surface area contributed by atoms with E-state index in [1.807, 2.05) is 12.3 Å². The summed E-state index contributed by atoms with van der Waals surface area (Å²) in [6, 6.07) is 6.26. The highest BCUT2D eigenvalue weighted by molar-refractivity contribution is 5.77. The lowest BCUT2D eigenvalue weighted by molar-refractivity contribution is -0.120. The highest BCUT2D eigenvalue weighted by atomic mass is 16.5. The maximum atomic E-state index is 11.1. The van der Waals surface area contributed by atoms with Gasteiger partial charge < -0.3 is 19.9 Å². The van der Waals surface area contributed by atoms with E-state index < -0.39 is 0 Å². The quantitative estimate of drug-likeness (QED) is 0.906. The largest absolute Gasteiger partial charge is 0.370 e. The molecule has 2 saturated heterocycles. The highest BCUT2D eigenvalue weighted by Crippen LogP contribution is 2.39. The summed E-state index contributed by atoms with van der Waals surface area (Å²) < 4.78 is 6.31. The molecule has 2 aliphatic rings. The Morgan fingerprint density at radius 3 is 3.00 bits per heavy atom. The van der Waals surface area contributed by atoms with Gasteiger partial charge in [0.1, 0.15) is 11.5 Å². The van der Waals surface area contributed by atoms with Gasteiger partial charge in [0.05, 0.1) is 11.7 Å². The maximum Gasteiger partial charge on any atom is 0.216 e.